The number of primary amides is 1. The van der Waals surface area contributed by atoms with Crippen molar-refractivity contribution < 1.29 is 14.0 Å². The van der Waals surface area contributed by atoms with Crippen LogP contribution in [0.2, 0.25) is 0 Å². The lowest BCUT2D eigenvalue weighted by Crippen LogP contribution is -2.34. The Labute approximate surface area is 151 Å². The number of rotatable bonds is 6. The quantitative estimate of drug-likeness (QED) is 0.613. The number of hydrogen-bond acceptors (Lipinski definition) is 5. The van der Waals surface area contributed by atoms with E-state index in [4.69, 9.17) is 5.73 Å². The summed E-state index contributed by atoms with van der Waals surface area (Å²) in [5, 5.41) is 10.8. The molecule has 3 aromatic rings. The molecule has 0 spiro atoms. The number of amides is 3. The third-order valence-corrected chi connectivity index (χ3v) is 4.48. The number of hydrogen-bond donors (Lipinski definition) is 3. The molecule has 0 saturated heterocycles. The first-order chi connectivity index (χ1) is 12.5. The highest BCUT2D eigenvalue weighted by molar-refractivity contribution is 7.10. The summed E-state index contributed by atoms with van der Waals surface area (Å²) >= 11 is 1.40. The lowest BCUT2D eigenvalue weighted by molar-refractivity contribution is -0.116. The van der Waals surface area contributed by atoms with Crippen LogP contribution in [0.4, 0.5) is 14.9 Å². The van der Waals surface area contributed by atoms with Gasteiger partial charge in [-0.2, -0.15) is 5.10 Å². The molecule has 4 N–H and O–H groups in total. The molecule has 10 heteroatoms. The molecule has 0 bridgehead atoms. The van der Waals surface area contributed by atoms with Crippen molar-refractivity contribution in [2.45, 2.75) is 12.5 Å². The third-order valence-electron chi connectivity index (χ3n) is 3.49. The zero-order valence-electron chi connectivity index (χ0n) is 13.4. The zero-order valence-corrected chi connectivity index (χ0v) is 14.2. The van der Waals surface area contributed by atoms with Gasteiger partial charge in [0.15, 0.2) is 5.82 Å². The molecule has 0 aliphatic heterocycles. The highest BCUT2D eigenvalue weighted by Crippen LogP contribution is 2.23. The van der Waals surface area contributed by atoms with E-state index in [0.717, 1.165) is 4.88 Å². The Balaban J connectivity index is 1.69. The number of nitrogens with one attached hydrogen (secondary N) is 2. The molecule has 2 heterocycles. The van der Waals surface area contributed by atoms with Crippen molar-refractivity contribution in [3.8, 4) is 5.69 Å². The average molecular weight is 374 g/mol. The summed E-state index contributed by atoms with van der Waals surface area (Å²) in [4.78, 5) is 28.0. The van der Waals surface area contributed by atoms with Gasteiger partial charge >= 0.3 is 6.03 Å². The number of nitrogens with zero attached hydrogens (tertiary/aromatic N) is 3. The normalized spacial score (nSPS) is 11.7. The van der Waals surface area contributed by atoms with Crippen molar-refractivity contribution in [2.75, 3.05) is 5.32 Å². The first-order valence-corrected chi connectivity index (χ1v) is 8.44. The largest absolute Gasteiger partial charge is 0.352 e. The SMILES string of the molecule is NC(=O)NC(CC(=O)Nc1ccc(-n2cncn2)c(F)c1)c1cccs1. The molecule has 0 aliphatic rings. The minimum atomic E-state index is -0.723. The van der Waals surface area contributed by atoms with Crippen molar-refractivity contribution in [1.82, 2.24) is 20.1 Å². The summed E-state index contributed by atoms with van der Waals surface area (Å²) in [6.07, 6.45) is 2.64. The van der Waals surface area contributed by atoms with E-state index in [-0.39, 0.29) is 18.0 Å². The second kappa shape index (κ2) is 7.74. The summed E-state index contributed by atoms with van der Waals surface area (Å²) < 4.78 is 15.5. The van der Waals surface area contributed by atoms with Crippen molar-refractivity contribution in [2.24, 2.45) is 5.73 Å². The van der Waals surface area contributed by atoms with Gasteiger partial charge in [0.1, 0.15) is 18.3 Å². The van der Waals surface area contributed by atoms with Crippen LogP contribution in [0.5, 0.6) is 0 Å². The monoisotopic (exact) mass is 374 g/mol. The van der Waals surface area contributed by atoms with Crippen LogP contribution in [0.3, 0.4) is 0 Å². The fourth-order valence-corrected chi connectivity index (χ4v) is 3.16. The van der Waals surface area contributed by atoms with E-state index in [9.17, 15) is 14.0 Å². The second-order valence-corrected chi connectivity index (χ2v) is 6.31. The Morgan fingerprint density at radius 1 is 1.35 bits per heavy atom. The molecule has 0 fully saturated rings. The maximum absolute atomic E-state index is 14.2. The van der Waals surface area contributed by atoms with Crippen molar-refractivity contribution >= 4 is 29.0 Å². The average Bonchev–Trinajstić information content (AvgIpc) is 3.28. The topological polar surface area (TPSA) is 115 Å². The molecule has 3 amide bonds. The van der Waals surface area contributed by atoms with E-state index in [2.05, 4.69) is 20.7 Å². The summed E-state index contributed by atoms with van der Waals surface area (Å²) in [5.74, 6) is -0.941. The summed E-state index contributed by atoms with van der Waals surface area (Å²) in [5.41, 5.74) is 5.68. The first kappa shape index (κ1) is 17.5. The van der Waals surface area contributed by atoms with Gasteiger partial charge in [0, 0.05) is 10.6 Å². The van der Waals surface area contributed by atoms with Crippen molar-refractivity contribution in [3.63, 3.8) is 0 Å². The Kier molecular flexibility index (Phi) is 5.23. The van der Waals surface area contributed by atoms with E-state index in [1.54, 1.807) is 12.1 Å². The zero-order chi connectivity index (χ0) is 18.5. The molecular weight excluding hydrogens is 359 g/mol. The second-order valence-electron chi connectivity index (χ2n) is 5.34. The van der Waals surface area contributed by atoms with Crippen LogP contribution in [0.25, 0.3) is 5.69 Å². The Morgan fingerprint density at radius 3 is 2.81 bits per heavy atom. The van der Waals surface area contributed by atoms with Gasteiger partial charge < -0.3 is 16.4 Å². The van der Waals surface area contributed by atoms with Crippen molar-refractivity contribution in [3.05, 3.63) is 59.1 Å². The first-order valence-electron chi connectivity index (χ1n) is 7.56. The Morgan fingerprint density at radius 2 is 2.19 bits per heavy atom. The lowest BCUT2D eigenvalue weighted by Gasteiger charge is -2.16. The number of nitrogens with two attached hydrogens (primary N) is 1. The van der Waals surface area contributed by atoms with Gasteiger partial charge in [-0.3, -0.25) is 4.79 Å². The number of carbonyl (C=O) groups excluding carboxylic acids is 2. The maximum Gasteiger partial charge on any atom is 0.312 e. The van der Waals surface area contributed by atoms with E-state index >= 15 is 0 Å². The molecule has 26 heavy (non-hydrogen) atoms. The minimum absolute atomic E-state index is 0.0318. The standard InChI is InChI=1S/C16H15FN6O2S/c17-11-6-10(3-4-13(11)23-9-19-8-20-23)21-15(24)7-12(22-16(18)25)14-2-1-5-26-14/h1-6,8-9,12H,7H2,(H,21,24)(H3,18,22,25). The van der Waals surface area contributed by atoms with Crippen molar-refractivity contribution in [1.29, 1.82) is 0 Å². The minimum Gasteiger partial charge on any atom is -0.352 e. The van der Waals surface area contributed by atoms with Gasteiger partial charge in [-0.25, -0.2) is 18.9 Å². The molecule has 134 valence electrons. The van der Waals surface area contributed by atoms with Crippen LogP contribution < -0.4 is 16.4 Å². The molecule has 1 unspecified atom stereocenters. The third kappa shape index (κ3) is 4.22. The van der Waals surface area contributed by atoms with E-state index in [0.29, 0.717) is 5.69 Å². The number of thiophene rings is 1. The predicted octanol–water partition coefficient (Wildman–Crippen LogP) is 2.21. The number of halogens is 1. The number of carbonyl (C=O) groups is 2. The maximum atomic E-state index is 14.2. The summed E-state index contributed by atoms with van der Waals surface area (Å²) in [7, 11) is 0. The number of benzene rings is 1. The number of anilines is 1. The molecule has 0 radical (unpaired) electrons. The van der Waals surface area contributed by atoms with Crippen LogP contribution >= 0.6 is 11.3 Å². The van der Waals surface area contributed by atoms with Crippen LogP contribution in [0.1, 0.15) is 17.3 Å². The molecule has 3 rings (SSSR count). The number of urea groups is 1. The summed E-state index contributed by atoms with van der Waals surface area (Å²) in [6.45, 7) is 0. The highest BCUT2D eigenvalue weighted by Gasteiger charge is 2.19. The van der Waals surface area contributed by atoms with E-state index in [1.807, 2.05) is 11.4 Å². The smallest absolute Gasteiger partial charge is 0.312 e. The fourth-order valence-electron chi connectivity index (χ4n) is 2.38. The molecular formula is C16H15FN6O2S. The molecule has 1 aromatic carbocycles. The highest BCUT2D eigenvalue weighted by atomic mass is 32.1. The van der Waals surface area contributed by atoms with Gasteiger partial charge in [-0.05, 0) is 29.6 Å². The van der Waals surface area contributed by atoms with Gasteiger partial charge in [0.05, 0.1) is 12.5 Å². The van der Waals surface area contributed by atoms with Crippen LogP contribution in [-0.2, 0) is 4.79 Å². The fraction of sp³-hybridized carbons (Fsp3) is 0.125. The van der Waals surface area contributed by atoms with Crippen LogP contribution in [0, 0.1) is 5.82 Å². The Bertz CT molecular complexity index is 898. The van der Waals surface area contributed by atoms with Crippen LogP contribution in [-0.4, -0.2) is 26.7 Å². The lowest BCUT2D eigenvalue weighted by atomic mass is 10.1. The molecule has 0 aliphatic carbocycles. The van der Waals surface area contributed by atoms with Gasteiger partial charge in [-0.1, -0.05) is 6.07 Å². The molecule has 0 saturated carbocycles. The van der Waals surface area contributed by atoms with Gasteiger partial charge in [0.25, 0.3) is 0 Å². The van der Waals surface area contributed by atoms with E-state index in [1.165, 1.54) is 40.8 Å². The van der Waals surface area contributed by atoms with E-state index < -0.39 is 17.9 Å². The molecule has 2 aromatic heterocycles. The van der Waals surface area contributed by atoms with Gasteiger partial charge in [-0.15, -0.1) is 11.3 Å². The Hall–Kier alpha value is -3.27. The van der Waals surface area contributed by atoms with Crippen LogP contribution in [0.15, 0.2) is 48.4 Å². The number of aromatic nitrogens is 3. The van der Waals surface area contributed by atoms with Gasteiger partial charge in [0.2, 0.25) is 5.91 Å². The predicted molar refractivity (Wildman–Crippen MR) is 94.3 cm³/mol. The summed E-state index contributed by atoms with van der Waals surface area (Å²) in [6, 6.07) is 6.57. The molecule has 1 atom stereocenters. The molecule has 8 nitrogen and oxygen atoms in total.